The van der Waals surface area contributed by atoms with Crippen molar-refractivity contribution in [3.63, 3.8) is 0 Å². The lowest BCUT2D eigenvalue weighted by Crippen LogP contribution is -2.39. The van der Waals surface area contributed by atoms with Gasteiger partial charge in [0.25, 0.3) is 0 Å². The zero-order valence-corrected chi connectivity index (χ0v) is 8.45. The summed E-state index contributed by atoms with van der Waals surface area (Å²) in [6.45, 7) is 5.30. The van der Waals surface area contributed by atoms with Gasteiger partial charge in [0.15, 0.2) is 0 Å². The standard InChI is InChI=1S/C8H18N2S/c1-4-5-6-10(3)7(2)8(9)11/h7H,4-6H2,1-3H3,(H2,9,11). The highest BCUT2D eigenvalue weighted by Gasteiger charge is 2.09. The molecule has 1 atom stereocenters. The lowest BCUT2D eigenvalue weighted by Gasteiger charge is -2.22. The number of unbranched alkanes of at least 4 members (excludes halogenated alkanes) is 1. The first-order valence-corrected chi connectivity index (χ1v) is 4.50. The number of nitrogens with zero attached hydrogens (tertiary/aromatic N) is 1. The Morgan fingerprint density at radius 1 is 1.64 bits per heavy atom. The van der Waals surface area contributed by atoms with Crippen LogP contribution in [0.25, 0.3) is 0 Å². The number of hydrogen-bond acceptors (Lipinski definition) is 2. The van der Waals surface area contributed by atoms with E-state index in [1.54, 1.807) is 0 Å². The molecule has 11 heavy (non-hydrogen) atoms. The second kappa shape index (κ2) is 5.49. The fourth-order valence-electron chi connectivity index (χ4n) is 0.818. The molecule has 0 radical (unpaired) electrons. The minimum Gasteiger partial charge on any atom is -0.392 e. The van der Waals surface area contributed by atoms with Gasteiger partial charge in [-0.25, -0.2) is 0 Å². The van der Waals surface area contributed by atoms with Gasteiger partial charge in [0.1, 0.15) is 0 Å². The molecule has 3 heteroatoms. The van der Waals surface area contributed by atoms with Gasteiger partial charge in [-0.2, -0.15) is 0 Å². The van der Waals surface area contributed by atoms with Gasteiger partial charge < -0.3 is 5.73 Å². The number of thiocarbonyl (C=S) groups is 1. The average molecular weight is 174 g/mol. The first kappa shape index (κ1) is 10.8. The molecule has 0 heterocycles. The molecule has 0 rings (SSSR count). The summed E-state index contributed by atoms with van der Waals surface area (Å²) in [5.41, 5.74) is 5.50. The van der Waals surface area contributed by atoms with E-state index >= 15 is 0 Å². The zero-order valence-electron chi connectivity index (χ0n) is 7.63. The van der Waals surface area contributed by atoms with Crippen molar-refractivity contribution in [3.05, 3.63) is 0 Å². The van der Waals surface area contributed by atoms with Gasteiger partial charge in [-0.05, 0) is 26.9 Å². The molecule has 0 aliphatic heterocycles. The minimum absolute atomic E-state index is 0.233. The molecule has 0 spiro atoms. The van der Waals surface area contributed by atoms with Crippen molar-refractivity contribution < 1.29 is 0 Å². The summed E-state index contributed by atoms with van der Waals surface area (Å²) in [5, 5.41) is 0. The summed E-state index contributed by atoms with van der Waals surface area (Å²) in [7, 11) is 2.06. The monoisotopic (exact) mass is 174 g/mol. The Balaban J connectivity index is 3.63. The average Bonchev–Trinajstić information content (AvgIpc) is 1.98. The fourth-order valence-corrected chi connectivity index (χ4v) is 0.998. The molecule has 0 aromatic heterocycles. The molecule has 0 fully saturated rings. The fraction of sp³-hybridized carbons (Fsp3) is 0.875. The maximum atomic E-state index is 5.50. The SMILES string of the molecule is CCCCN(C)C(C)C(N)=S. The van der Waals surface area contributed by atoms with Crippen LogP contribution in [0.3, 0.4) is 0 Å². The molecule has 0 aromatic rings. The molecular weight excluding hydrogens is 156 g/mol. The highest BCUT2D eigenvalue weighted by molar-refractivity contribution is 7.80. The van der Waals surface area contributed by atoms with Crippen molar-refractivity contribution in [1.29, 1.82) is 0 Å². The normalized spacial score (nSPS) is 13.5. The Morgan fingerprint density at radius 3 is 2.55 bits per heavy atom. The predicted octanol–water partition coefficient (Wildman–Crippen LogP) is 1.39. The summed E-state index contributed by atoms with van der Waals surface area (Å²) in [4.78, 5) is 2.77. The summed E-state index contributed by atoms with van der Waals surface area (Å²) < 4.78 is 0. The van der Waals surface area contributed by atoms with Gasteiger partial charge in [-0.15, -0.1) is 0 Å². The van der Waals surface area contributed by atoms with E-state index in [1.165, 1.54) is 12.8 Å². The largest absolute Gasteiger partial charge is 0.392 e. The Bertz CT molecular complexity index is 125. The minimum atomic E-state index is 0.233. The Morgan fingerprint density at radius 2 is 2.18 bits per heavy atom. The summed E-state index contributed by atoms with van der Waals surface area (Å²) in [6.07, 6.45) is 2.43. The van der Waals surface area contributed by atoms with E-state index in [0.717, 1.165) is 6.54 Å². The molecule has 0 amide bonds. The molecule has 0 aromatic carbocycles. The number of rotatable bonds is 5. The van der Waals surface area contributed by atoms with Crippen LogP contribution in [-0.4, -0.2) is 29.5 Å². The molecule has 2 N–H and O–H groups in total. The molecule has 2 nitrogen and oxygen atoms in total. The lowest BCUT2D eigenvalue weighted by atomic mass is 10.2. The van der Waals surface area contributed by atoms with Crippen LogP contribution in [0, 0.1) is 0 Å². The predicted molar refractivity (Wildman–Crippen MR) is 53.8 cm³/mol. The summed E-state index contributed by atoms with van der Waals surface area (Å²) in [6, 6.07) is 0.233. The molecule has 1 unspecified atom stereocenters. The van der Waals surface area contributed by atoms with Crippen molar-refractivity contribution in [2.75, 3.05) is 13.6 Å². The third-order valence-corrected chi connectivity index (χ3v) is 2.28. The van der Waals surface area contributed by atoms with Crippen LogP contribution in [0.4, 0.5) is 0 Å². The third-order valence-electron chi connectivity index (χ3n) is 1.94. The molecular formula is C8H18N2S. The maximum Gasteiger partial charge on any atom is 0.0899 e. The van der Waals surface area contributed by atoms with Gasteiger partial charge in [0.05, 0.1) is 11.0 Å². The molecule has 66 valence electrons. The van der Waals surface area contributed by atoms with E-state index in [4.69, 9.17) is 18.0 Å². The quantitative estimate of drug-likeness (QED) is 0.639. The zero-order chi connectivity index (χ0) is 8.85. The van der Waals surface area contributed by atoms with Crippen LogP contribution in [0.2, 0.25) is 0 Å². The Hall–Kier alpha value is -0.150. The molecule has 0 aliphatic rings. The van der Waals surface area contributed by atoms with Gasteiger partial charge >= 0.3 is 0 Å². The van der Waals surface area contributed by atoms with E-state index < -0.39 is 0 Å². The highest BCUT2D eigenvalue weighted by atomic mass is 32.1. The lowest BCUT2D eigenvalue weighted by molar-refractivity contribution is 0.307. The van der Waals surface area contributed by atoms with E-state index in [-0.39, 0.29) is 6.04 Å². The van der Waals surface area contributed by atoms with E-state index in [1.807, 2.05) is 6.92 Å². The second-order valence-electron chi connectivity index (χ2n) is 2.91. The van der Waals surface area contributed by atoms with Crippen LogP contribution >= 0.6 is 12.2 Å². The van der Waals surface area contributed by atoms with Crippen LogP contribution in [0.1, 0.15) is 26.7 Å². The van der Waals surface area contributed by atoms with Gasteiger partial charge in [-0.3, -0.25) is 4.90 Å². The van der Waals surface area contributed by atoms with E-state index in [9.17, 15) is 0 Å². The van der Waals surface area contributed by atoms with Crippen molar-refractivity contribution in [2.24, 2.45) is 5.73 Å². The number of likely N-dealkylation sites (N-methyl/N-ethyl adjacent to an activating group) is 1. The summed E-state index contributed by atoms with van der Waals surface area (Å²) >= 11 is 4.88. The molecule has 0 bridgehead atoms. The third kappa shape index (κ3) is 4.32. The Kier molecular flexibility index (Phi) is 5.42. The molecule has 0 saturated carbocycles. The maximum absolute atomic E-state index is 5.50. The van der Waals surface area contributed by atoms with Crippen LogP contribution in [0.15, 0.2) is 0 Å². The summed E-state index contributed by atoms with van der Waals surface area (Å²) in [5.74, 6) is 0. The topological polar surface area (TPSA) is 29.3 Å². The van der Waals surface area contributed by atoms with Gasteiger partial charge in [-0.1, -0.05) is 25.6 Å². The smallest absolute Gasteiger partial charge is 0.0899 e. The first-order chi connectivity index (χ1) is 5.09. The van der Waals surface area contributed by atoms with Crippen molar-refractivity contribution in [2.45, 2.75) is 32.7 Å². The second-order valence-corrected chi connectivity index (χ2v) is 3.38. The first-order valence-electron chi connectivity index (χ1n) is 4.09. The van der Waals surface area contributed by atoms with E-state index in [2.05, 4.69) is 18.9 Å². The molecule has 0 saturated heterocycles. The van der Waals surface area contributed by atoms with Gasteiger partial charge in [0.2, 0.25) is 0 Å². The number of nitrogens with two attached hydrogens (primary N) is 1. The van der Waals surface area contributed by atoms with Crippen molar-refractivity contribution in [3.8, 4) is 0 Å². The van der Waals surface area contributed by atoms with Crippen LogP contribution < -0.4 is 5.73 Å². The van der Waals surface area contributed by atoms with Crippen LogP contribution in [-0.2, 0) is 0 Å². The molecule has 0 aliphatic carbocycles. The Labute approximate surface area is 74.8 Å². The van der Waals surface area contributed by atoms with Gasteiger partial charge in [0, 0.05) is 0 Å². The van der Waals surface area contributed by atoms with Crippen molar-refractivity contribution >= 4 is 17.2 Å². The number of hydrogen-bond donors (Lipinski definition) is 1. The van der Waals surface area contributed by atoms with Crippen LogP contribution in [0.5, 0.6) is 0 Å². The highest BCUT2D eigenvalue weighted by Crippen LogP contribution is 1.98. The van der Waals surface area contributed by atoms with Crippen molar-refractivity contribution in [1.82, 2.24) is 4.90 Å². The van der Waals surface area contributed by atoms with E-state index in [0.29, 0.717) is 4.99 Å².